The molecule has 0 aliphatic carbocycles. The van der Waals surface area contributed by atoms with Crippen molar-refractivity contribution in [2.45, 2.75) is 26.8 Å². The van der Waals surface area contributed by atoms with Crippen molar-refractivity contribution < 1.29 is 9.53 Å². The third kappa shape index (κ3) is 3.79. The summed E-state index contributed by atoms with van der Waals surface area (Å²) >= 11 is 0. The van der Waals surface area contributed by atoms with Crippen molar-refractivity contribution >= 4 is 5.91 Å². The number of nitrogens with zero attached hydrogens (tertiary/aromatic N) is 2. The van der Waals surface area contributed by atoms with Gasteiger partial charge in [-0.2, -0.15) is 5.26 Å². The summed E-state index contributed by atoms with van der Waals surface area (Å²) in [5, 5.41) is 8.91. The first-order valence-electron chi connectivity index (χ1n) is 7.66. The first-order chi connectivity index (χ1) is 11.1. The minimum atomic E-state index is -0.430. The molecule has 0 bridgehead atoms. The summed E-state index contributed by atoms with van der Waals surface area (Å²) in [6.07, 6.45) is 0.852. The number of benzene rings is 1. The number of rotatable bonds is 7. The highest BCUT2D eigenvalue weighted by atomic mass is 16.5. The Bertz CT molecular complexity index is 724. The van der Waals surface area contributed by atoms with Crippen LogP contribution in [0.2, 0.25) is 0 Å². The molecule has 0 saturated carbocycles. The number of ether oxygens (including phenoxy) is 1. The largest absolute Gasteiger partial charge is 0.382 e. The first-order valence-corrected chi connectivity index (χ1v) is 7.66. The number of amides is 1. The Balaban J connectivity index is 2.37. The van der Waals surface area contributed by atoms with E-state index in [0.29, 0.717) is 24.3 Å². The molecule has 0 spiro atoms. The van der Waals surface area contributed by atoms with Crippen LogP contribution in [0.1, 0.15) is 35.0 Å². The second-order valence-electron chi connectivity index (χ2n) is 5.28. The summed E-state index contributed by atoms with van der Waals surface area (Å²) in [6, 6.07) is 11.2. The Morgan fingerprint density at radius 3 is 2.61 bits per heavy atom. The number of nitrogens with two attached hydrogens (primary N) is 1. The first kappa shape index (κ1) is 16.8. The number of hydrogen-bond donors (Lipinski definition) is 1. The molecule has 2 aromatic rings. The van der Waals surface area contributed by atoms with E-state index < -0.39 is 5.91 Å². The fraction of sp³-hybridized carbons (Fsp3) is 0.333. The minimum Gasteiger partial charge on any atom is -0.382 e. The normalized spacial score (nSPS) is 10.5. The molecule has 23 heavy (non-hydrogen) atoms. The van der Waals surface area contributed by atoms with Crippen LogP contribution >= 0.6 is 0 Å². The van der Waals surface area contributed by atoms with Crippen LogP contribution in [0.3, 0.4) is 0 Å². The van der Waals surface area contributed by atoms with Gasteiger partial charge in [-0.3, -0.25) is 4.79 Å². The number of carbonyl (C=O) groups excluding carboxylic acids is 1. The molecule has 2 rings (SSSR count). The van der Waals surface area contributed by atoms with Crippen molar-refractivity contribution in [3.63, 3.8) is 0 Å². The van der Waals surface area contributed by atoms with Gasteiger partial charge in [0.15, 0.2) is 0 Å². The monoisotopic (exact) mass is 311 g/mol. The van der Waals surface area contributed by atoms with Crippen molar-refractivity contribution in [3.8, 4) is 17.3 Å². The molecule has 0 radical (unpaired) electrons. The van der Waals surface area contributed by atoms with Crippen LogP contribution in [0, 0.1) is 18.3 Å². The topological polar surface area (TPSA) is 81.0 Å². The quantitative estimate of drug-likeness (QED) is 0.798. The molecule has 0 aliphatic rings. The Hall–Kier alpha value is -2.58. The lowest BCUT2D eigenvalue weighted by molar-refractivity contribution is 0.0999. The second-order valence-corrected chi connectivity index (χ2v) is 5.28. The molecule has 0 fully saturated rings. The van der Waals surface area contributed by atoms with E-state index in [0.717, 1.165) is 29.9 Å². The van der Waals surface area contributed by atoms with Crippen LogP contribution in [0.4, 0.5) is 0 Å². The van der Waals surface area contributed by atoms with E-state index >= 15 is 0 Å². The minimum absolute atomic E-state index is 0.430. The molecule has 1 amide bonds. The summed E-state index contributed by atoms with van der Waals surface area (Å²) in [5.41, 5.74) is 9.35. The van der Waals surface area contributed by atoms with E-state index in [1.165, 1.54) is 0 Å². The third-order valence-electron chi connectivity index (χ3n) is 3.82. The van der Waals surface area contributed by atoms with Crippen molar-refractivity contribution in [1.82, 2.24) is 4.57 Å². The second kappa shape index (κ2) is 7.61. The van der Waals surface area contributed by atoms with Gasteiger partial charge in [0.1, 0.15) is 0 Å². The molecule has 5 heteroatoms. The highest BCUT2D eigenvalue weighted by Gasteiger charge is 2.16. The van der Waals surface area contributed by atoms with E-state index in [4.69, 9.17) is 15.7 Å². The lowest BCUT2D eigenvalue weighted by Crippen LogP contribution is -2.13. The number of aromatic nitrogens is 1. The standard InChI is InChI=1S/C18H21N3O2/c1-3-23-10-4-9-21-13(2)16(18(20)22)11-17(21)15-7-5-14(12-19)6-8-15/h5-8,11H,3-4,9-10H2,1-2H3,(H2,20,22). The van der Waals surface area contributed by atoms with E-state index in [2.05, 4.69) is 10.6 Å². The maximum absolute atomic E-state index is 11.6. The lowest BCUT2D eigenvalue weighted by Gasteiger charge is -2.12. The predicted molar refractivity (Wildman–Crippen MR) is 88.9 cm³/mol. The van der Waals surface area contributed by atoms with Crippen LogP contribution in [0.5, 0.6) is 0 Å². The molecule has 1 heterocycles. The molecule has 1 aromatic carbocycles. The third-order valence-corrected chi connectivity index (χ3v) is 3.82. The highest BCUT2D eigenvalue weighted by molar-refractivity contribution is 5.95. The number of hydrogen-bond acceptors (Lipinski definition) is 3. The number of nitriles is 1. The molecule has 1 aromatic heterocycles. The van der Waals surface area contributed by atoms with Crippen molar-refractivity contribution in [2.24, 2.45) is 5.73 Å². The van der Waals surface area contributed by atoms with Gasteiger partial charge in [-0.15, -0.1) is 0 Å². The van der Waals surface area contributed by atoms with Gasteiger partial charge in [-0.05, 0) is 44.0 Å². The molecular weight excluding hydrogens is 290 g/mol. The van der Waals surface area contributed by atoms with Crippen molar-refractivity contribution in [3.05, 3.63) is 47.2 Å². The van der Waals surface area contributed by atoms with Gasteiger partial charge in [-0.25, -0.2) is 0 Å². The molecular formula is C18H21N3O2. The number of primary amides is 1. The zero-order chi connectivity index (χ0) is 16.8. The fourth-order valence-corrected chi connectivity index (χ4v) is 2.61. The van der Waals surface area contributed by atoms with E-state index in [1.54, 1.807) is 12.1 Å². The van der Waals surface area contributed by atoms with Gasteiger partial charge >= 0.3 is 0 Å². The van der Waals surface area contributed by atoms with Crippen molar-refractivity contribution in [1.29, 1.82) is 5.26 Å². The Morgan fingerprint density at radius 2 is 2.04 bits per heavy atom. The maximum atomic E-state index is 11.6. The molecule has 0 saturated heterocycles. The van der Waals surface area contributed by atoms with Crippen LogP contribution in [-0.4, -0.2) is 23.7 Å². The SMILES string of the molecule is CCOCCCn1c(-c2ccc(C#N)cc2)cc(C(N)=O)c1C. The molecule has 0 unspecified atom stereocenters. The maximum Gasteiger partial charge on any atom is 0.250 e. The van der Waals surface area contributed by atoms with E-state index in [9.17, 15) is 4.79 Å². The lowest BCUT2D eigenvalue weighted by atomic mass is 10.1. The average Bonchev–Trinajstić information content (AvgIpc) is 2.89. The zero-order valence-electron chi connectivity index (χ0n) is 13.5. The fourth-order valence-electron chi connectivity index (χ4n) is 2.61. The van der Waals surface area contributed by atoms with Gasteiger partial charge in [0.2, 0.25) is 0 Å². The Morgan fingerprint density at radius 1 is 1.35 bits per heavy atom. The van der Waals surface area contributed by atoms with Crippen LogP contribution < -0.4 is 5.73 Å². The molecule has 0 aliphatic heterocycles. The Labute approximate surface area is 136 Å². The van der Waals surface area contributed by atoms with Gasteiger partial charge < -0.3 is 15.0 Å². The highest BCUT2D eigenvalue weighted by Crippen LogP contribution is 2.26. The molecule has 2 N–H and O–H groups in total. The zero-order valence-corrected chi connectivity index (χ0v) is 13.5. The number of carbonyl (C=O) groups is 1. The van der Waals surface area contributed by atoms with Gasteiger partial charge in [0, 0.05) is 31.1 Å². The molecule has 120 valence electrons. The summed E-state index contributed by atoms with van der Waals surface area (Å²) in [5.74, 6) is -0.430. The predicted octanol–water partition coefficient (Wildman–Crippen LogP) is 2.86. The van der Waals surface area contributed by atoms with Gasteiger partial charge in [0.25, 0.3) is 5.91 Å². The van der Waals surface area contributed by atoms with Crippen LogP contribution in [0.15, 0.2) is 30.3 Å². The summed E-state index contributed by atoms with van der Waals surface area (Å²) in [4.78, 5) is 11.6. The summed E-state index contributed by atoms with van der Waals surface area (Å²) < 4.78 is 7.47. The smallest absolute Gasteiger partial charge is 0.250 e. The average molecular weight is 311 g/mol. The van der Waals surface area contributed by atoms with Gasteiger partial charge in [-0.1, -0.05) is 12.1 Å². The van der Waals surface area contributed by atoms with Crippen LogP contribution in [-0.2, 0) is 11.3 Å². The van der Waals surface area contributed by atoms with Crippen molar-refractivity contribution in [2.75, 3.05) is 13.2 Å². The van der Waals surface area contributed by atoms with Gasteiger partial charge in [0.05, 0.1) is 17.2 Å². The molecule has 0 atom stereocenters. The van der Waals surface area contributed by atoms with Crippen LogP contribution in [0.25, 0.3) is 11.3 Å². The molecule has 5 nitrogen and oxygen atoms in total. The summed E-state index contributed by atoms with van der Waals surface area (Å²) in [6.45, 7) is 5.98. The Kier molecular flexibility index (Phi) is 5.56. The van der Waals surface area contributed by atoms with E-state index in [1.807, 2.05) is 32.0 Å². The summed E-state index contributed by atoms with van der Waals surface area (Å²) in [7, 11) is 0. The van der Waals surface area contributed by atoms with E-state index in [-0.39, 0.29) is 0 Å².